The first kappa shape index (κ1) is 15.9. The fourth-order valence-corrected chi connectivity index (χ4v) is 3.37. The molecule has 0 aliphatic heterocycles. The molecule has 0 aromatic heterocycles. The van der Waals surface area contributed by atoms with Crippen LogP contribution in [0.15, 0.2) is 40.9 Å². The molecule has 2 aromatic rings. The molecule has 2 nitrogen and oxygen atoms in total. The first-order chi connectivity index (χ1) is 9.51. The van der Waals surface area contributed by atoms with Crippen LogP contribution in [0, 0.1) is 17.4 Å². The molecule has 0 saturated heterocycles. The zero-order valence-corrected chi connectivity index (χ0v) is 15.3. The molecule has 2 aromatic carbocycles. The van der Waals surface area contributed by atoms with Crippen LogP contribution in [0.1, 0.15) is 28.3 Å². The van der Waals surface area contributed by atoms with E-state index in [2.05, 4.69) is 94.2 Å². The van der Waals surface area contributed by atoms with Crippen molar-refractivity contribution in [1.29, 1.82) is 0 Å². The molecule has 20 heavy (non-hydrogen) atoms. The summed E-state index contributed by atoms with van der Waals surface area (Å²) in [5.41, 5.74) is 8.11. The van der Waals surface area contributed by atoms with Crippen LogP contribution >= 0.6 is 38.5 Å². The normalized spacial score (nSPS) is 12.4. The van der Waals surface area contributed by atoms with Gasteiger partial charge in [-0.3, -0.25) is 11.3 Å². The van der Waals surface area contributed by atoms with Gasteiger partial charge in [0.2, 0.25) is 0 Å². The molecule has 0 fully saturated rings. The van der Waals surface area contributed by atoms with E-state index in [4.69, 9.17) is 5.84 Å². The van der Waals surface area contributed by atoms with Gasteiger partial charge in [0.05, 0.1) is 6.04 Å². The van der Waals surface area contributed by atoms with Crippen LogP contribution in [0.5, 0.6) is 0 Å². The summed E-state index contributed by atoms with van der Waals surface area (Å²) < 4.78 is 2.30. The van der Waals surface area contributed by atoms with Gasteiger partial charge in [0.25, 0.3) is 0 Å². The van der Waals surface area contributed by atoms with Crippen LogP contribution in [0.25, 0.3) is 0 Å². The Morgan fingerprint density at radius 2 is 1.95 bits per heavy atom. The van der Waals surface area contributed by atoms with E-state index < -0.39 is 0 Å². The second kappa shape index (κ2) is 7.02. The minimum atomic E-state index is 0.111. The molecule has 0 amide bonds. The van der Waals surface area contributed by atoms with Gasteiger partial charge in [0.1, 0.15) is 0 Å². The fourth-order valence-electron chi connectivity index (χ4n) is 2.28. The van der Waals surface area contributed by atoms with Gasteiger partial charge in [-0.1, -0.05) is 39.7 Å². The van der Waals surface area contributed by atoms with Crippen molar-refractivity contribution < 1.29 is 0 Å². The molecular formula is C16H18BrIN2. The molecule has 0 aliphatic carbocycles. The first-order valence-electron chi connectivity index (χ1n) is 6.48. The van der Waals surface area contributed by atoms with Crippen molar-refractivity contribution in [2.45, 2.75) is 26.3 Å². The highest BCUT2D eigenvalue weighted by Crippen LogP contribution is 2.27. The zero-order valence-electron chi connectivity index (χ0n) is 11.6. The number of aryl methyl sites for hydroxylation is 2. The largest absolute Gasteiger partial charge is 0.271 e. The van der Waals surface area contributed by atoms with Crippen molar-refractivity contribution in [1.82, 2.24) is 5.43 Å². The summed E-state index contributed by atoms with van der Waals surface area (Å²) in [5.74, 6) is 5.79. The van der Waals surface area contributed by atoms with Crippen molar-refractivity contribution in [3.63, 3.8) is 0 Å². The minimum absolute atomic E-state index is 0.111. The molecule has 0 radical (unpaired) electrons. The Bertz CT molecular complexity index is 613. The number of nitrogens with two attached hydrogens (primary N) is 1. The number of benzene rings is 2. The Balaban J connectivity index is 2.33. The molecule has 3 N–H and O–H groups in total. The van der Waals surface area contributed by atoms with Crippen molar-refractivity contribution in [2.75, 3.05) is 0 Å². The molecule has 0 bridgehead atoms. The molecule has 2 rings (SSSR count). The van der Waals surface area contributed by atoms with Crippen LogP contribution in [0.2, 0.25) is 0 Å². The van der Waals surface area contributed by atoms with Crippen LogP contribution in [0.3, 0.4) is 0 Å². The predicted molar refractivity (Wildman–Crippen MR) is 96.5 cm³/mol. The van der Waals surface area contributed by atoms with Gasteiger partial charge < -0.3 is 0 Å². The number of hydrazine groups is 1. The maximum atomic E-state index is 5.79. The van der Waals surface area contributed by atoms with E-state index in [-0.39, 0.29) is 6.04 Å². The molecule has 0 saturated carbocycles. The summed E-state index contributed by atoms with van der Waals surface area (Å²) in [4.78, 5) is 0. The summed E-state index contributed by atoms with van der Waals surface area (Å²) in [7, 11) is 0. The Kier molecular flexibility index (Phi) is 5.60. The Morgan fingerprint density at radius 1 is 1.20 bits per heavy atom. The summed E-state index contributed by atoms with van der Waals surface area (Å²) in [6, 6.07) is 13.0. The lowest BCUT2D eigenvalue weighted by molar-refractivity contribution is 0.548. The Morgan fingerprint density at radius 3 is 2.65 bits per heavy atom. The van der Waals surface area contributed by atoms with E-state index in [1.54, 1.807) is 0 Å². The maximum absolute atomic E-state index is 5.79. The van der Waals surface area contributed by atoms with Crippen molar-refractivity contribution >= 4 is 38.5 Å². The van der Waals surface area contributed by atoms with E-state index >= 15 is 0 Å². The second-order valence-electron chi connectivity index (χ2n) is 5.02. The zero-order chi connectivity index (χ0) is 14.7. The number of rotatable bonds is 4. The number of hydrogen-bond acceptors (Lipinski definition) is 2. The smallest absolute Gasteiger partial charge is 0.0511 e. The standard InChI is InChI=1S/C16H18BrIN2/c1-10-3-4-11(2)12(7-10)8-16(20-19)14-9-13(17)5-6-15(14)18/h3-7,9,16,20H,8,19H2,1-2H3. The lowest BCUT2D eigenvalue weighted by Crippen LogP contribution is -2.30. The van der Waals surface area contributed by atoms with E-state index in [0.717, 1.165) is 10.9 Å². The van der Waals surface area contributed by atoms with Crippen LogP contribution in [-0.2, 0) is 6.42 Å². The van der Waals surface area contributed by atoms with Gasteiger partial charge >= 0.3 is 0 Å². The van der Waals surface area contributed by atoms with Crippen LogP contribution in [0.4, 0.5) is 0 Å². The third-order valence-corrected chi connectivity index (χ3v) is 4.94. The van der Waals surface area contributed by atoms with Crippen molar-refractivity contribution in [3.05, 3.63) is 66.7 Å². The molecule has 1 atom stereocenters. The third kappa shape index (κ3) is 3.81. The van der Waals surface area contributed by atoms with Crippen molar-refractivity contribution in [3.8, 4) is 0 Å². The molecule has 0 heterocycles. The minimum Gasteiger partial charge on any atom is -0.271 e. The van der Waals surface area contributed by atoms with Gasteiger partial charge in [-0.2, -0.15) is 0 Å². The average molecular weight is 445 g/mol. The monoisotopic (exact) mass is 444 g/mol. The highest BCUT2D eigenvalue weighted by Gasteiger charge is 2.15. The van der Waals surface area contributed by atoms with E-state index in [1.807, 2.05) is 0 Å². The quantitative estimate of drug-likeness (QED) is 0.416. The molecule has 4 heteroatoms. The Labute approximate surface area is 142 Å². The van der Waals surface area contributed by atoms with Crippen molar-refractivity contribution in [2.24, 2.45) is 5.84 Å². The van der Waals surface area contributed by atoms with Gasteiger partial charge in [0.15, 0.2) is 0 Å². The highest BCUT2D eigenvalue weighted by molar-refractivity contribution is 14.1. The molecule has 1 unspecified atom stereocenters. The predicted octanol–water partition coefficient (Wildman–Crippen LogP) is 4.42. The summed E-state index contributed by atoms with van der Waals surface area (Å²) in [6.45, 7) is 4.27. The van der Waals surface area contributed by atoms with Gasteiger partial charge in [-0.15, -0.1) is 0 Å². The van der Waals surface area contributed by atoms with Gasteiger partial charge in [0, 0.05) is 8.04 Å². The number of hydrogen-bond donors (Lipinski definition) is 2. The number of nitrogens with one attached hydrogen (secondary N) is 1. The number of halogens is 2. The molecule has 106 valence electrons. The summed E-state index contributed by atoms with van der Waals surface area (Å²) >= 11 is 5.89. The van der Waals surface area contributed by atoms with Crippen LogP contribution in [-0.4, -0.2) is 0 Å². The van der Waals surface area contributed by atoms with Crippen LogP contribution < -0.4 is 11.3 Å². The highest BCUT2D eigenvalue weighted by atomic mass is 127. The molecular weight excluding hydrogens is 427 g/mol. The summed E-state index contributed by atoms with van der Waals surface area (Å²) in [6.07, 6.45) is 0.885. The lowest BCUT2D eigenvalue weighted by Gasteiger charge is -2.20. The average Bonchev–Trinajstić information content (AvgIpc) is 2.42. The topological polar surface area (TPSA) is 38.0 Å². The fraction of sp³-hybridized carbons (Fsp3) is 0.250. The molecule has 0 aliphatic rings. The summed E-state index contributed by atoms with van der Waals surface area (Å²) in [5, 5.41) is 0. The second-order valence-corrected chi connectivity index (χ2v) is 7.10. The van der Waals surface area contributed by atoms with E-state index in [0.29, 0.717) is 0 Å². The SMILES string of the molecule is Cc1ccc(C)c(CC(NN)c2cc(Br)ccc2I)c1. The first-order valence-corrected chi connectivity index (χ1v) is 8.35. The third-order valence-electron chi connectivity index (χ3n) is 3.46. The lowest BCUT2D eigenvalue weighted by atomic mass is 9.95. The van der Waals surface area contributed by atoms with Gasteiger partial charge in [-0.05, 0) is 77.7 Å². The van der Waals surface area contributed by atoms with Gasteiger partial charge in [-0.25, -0.2) is 0 Å². The Hall–Kier alpha value is -0.430. The maximum Gasteiger partial charge on any atom is 0.0511 e. The van der Waals surface area contributed by atoms with E-state index in [1.165, 1.54) is 25.8 Å². The molecule has 0 spiro atoms. The van der Waals surface area contributed by atoms with E-state index in [9.17, 15) is 0 Å².